The summed E-state index contributed by atoms with van der Waals surface area (Å²) in [5, 5.41) is 20.7. The summed E-state index contributed by atoms with van der Waals surface area (Å²) in [6.45, 7) is 4.02. The lowest BCUT2D eigenvalue weighted by atomic mass is 9.87. The third-order valence-electron chi connectivity index (χ3n) is 5.83. The molecule has 0 saturated carbocycles. The topological polar surface area (TPSA) is 82.5 Å². The number of aromatic nitrogens is 1. The van der Waals surface area contributed by atoms with Gasteiger partial charge in [-0.25, -0.2) is 4.79 Å². The number of nitrogens with one attached hydrogen (secondary N) is 1. The second kappa shape index (κ2) is 7.20. The molecule has 5 heteroatoms. The molecule has 0 aliphatic heterocycles. The molecule has 0 unspecified atom stereocenters. The average molecular weight is 413 g/mol. The van der Waals surface area contributed by atoms with Gasteiger partial charge >= 0.3 is 5.97 Å². The van der Waals surface area contributed by atoms with Crippen molar-refractivity contribution in [3.05, 3.63) is 71.3 Å². The fraction of sp³-hybridized carbons (Fsp3) is 0.192. The summed E-state index contributed by atoms with van der Waals surface area (Å²) in [7, 11) is 0. The van der Waals surface area contributed by atoms with E-state index < -0.39 is 5.97 Å². The normalized spacial score (nSPS) is 12.6. The number of hydrogen-bond donors (Lipinski definition) is 3. The number of phenols is 1. The van der Waals surface area contributed by atoms with Crippen LogP contribution in [0.1, 0.15) is 35.3 Å². The van der Waals surface area contributed by atoms with Crippen LogP contribution in [-0.4, -0.2) is 27.3 Å². The molecule has 0 saturated heterocycles. The minimum absolute atomic E-state index is 0.0505. The first-order chi connectivity index (χ1) is 14.9. The molecule has 31 heavy (non-hydrogen) atoms. The van der Waals surface area contributed by atoms with Gasteiger partial charge in [0.1, 0.15) is 17.1 Å². The Morgan fingerprint density at radius 2 is 1.74 bits per heavy atom. The quantitative estimate of drug-likeness (QED) is 0.395. The smallest absolute Gasteiger partial charge is 0.339 e. The van der Waals surface area contributed by atoms with Gasteiger partial charge in [-0.15, -0.1) is 0 Å². The molecule has 0 atom stereocenters. The molecule has 0 bridgehead atoms. The number of carboxylic acid groups (broad SMARTS) is 1. The van der Waals surface area contributed by atoms with Crippen LogP contribution in [0.4, 0.5) is 0 Å². The highest BCUT2D eigenvalue weighted by Gasteiger charge is 2.24. The first-order valence-electron chi connectivity index (χ1n) is 10.4. The van der Waals surface area contributed by atoms with E-state index in [0.717, 1.165) is 57.4 Å². The van der Waals surface area contributed by atoms with Crippen molar-refractivity contribution in [1.29, 1.82) is 0 Å². The Morgan fingerprint density at radius 1 is 1.00 bits per heavy atom. The van der Waals surface area contributed by atoms with Gasteiger partial charge < -0.3 is 19.9 Å². The van der Waals surface area contributed by atoms with Crippen molar-refractivity contribution < 1.29 is 19.7 Å². The fourth-order valence-corrected chi connectivity index (χ4v) is 4.43. The minimum atomic E-state index is -1.11. The van der Waals surface area contributed by atoms with Crippen LogP contribution in [-0.2, 0) is 12.8 Å². The SMILES string of the molecule is CC(C)Oc1ccc(-c2ccc3c4c([nH]c3c2)-c2cc(O)c(C(=O)O)cc2CC4)cc1. The number of H-pyrrole nitrogens is 1. The summed E-state index contributed by atoms with van der Waals surface area (Å²) in [5.41, 5.74) is 7.16. The Balaban J connectivity index is 1.56. The lowest BCUT2D eigenvalue weighted by Crippen LogP contribution is -2.06. The number of aryl methyl sites for hydroxylation is 2. The molecule has 5 rings (SSSR count). The lowest BCUT2D eigenvalue weighted by Gasteiger charge is -2.18. The summed E-state index contributed by atoms with van der Waals surface area (Å²) in [6.07, 6.45) is 1.71. The first-order valence-corrected chi connectivity index (χ1v) is 10.4. The summed E-state index contributed by atoms with van der Waals surface area (Å²) < 4.78 is 5.73. The maximum absolute atomic E-state index is 11.4. The second-order valence-corrected chi connectivity index (χ2v) is 8.26. The molecule has 1 heterocycles. The number of aromatic hydroxyl groups is 1. The summed E-state index contributed by atoms with van der Waals surface area (Å²) in [6, 6.07) is 17.6. The number of carbonyl (C=O) groups is 1. The van der Waals surface area contributed by atoms with Crippen molar-refractivity contribution in [2.75, 3.05) is 0 Å². The van der Waals surface area contributed by atoms with E-state index in [1.807, 2.05) is 26.0 Å². The minimum Gasteiger partial charge on any atom is -0.507 e. The van der Waals surface area contributed by atoms with Gasteiger partial charge in [-0.3, -0.25) is 0 Å². The van der Waals surface area contributed by atoms with E-state index in [1.54, 1.807) is 12.1 Å². The van der Waals surface area contributed by atoms with Gasteiger partial charge in [0.05, 0.1) is 11.8 Å². The van der Waals surface area contributed by atoms with E-state index in [4.69, 9.17) is 4.74 Å². The van der Waals surface area contributed by atoms with E-state index in [0.29, 0.717) is 0 Å². The largest absolute Gasteiger partial charge is 0.507 e. The van der Waals surface area contributed by atoms with Crippen molar-refractivity contribution in [2.45, 2.75) is 32.8 Å². The first kappa shape index (κ1) is 19.2. The van der Waals surface area contributed by atoms with E-state index in [9.17, 15) is 15.0 Å². The molecular weight excluding hydrogens is 390 g/mol. The molecule has 3 aromatic carbocycles. The fourth-order valence-electron chi connectivity index (χ4n) is 4.43. The van der Waals surface area contributed by atoms with Gasteiger partial charge in [-0.2, -0.15) is 0 Å². The van der Waals surface area contributed by atoms with Gasteiger partial charge in [-0.05, 0) is 79.3 Å². The Hall–Kier alpha value is -3.73. The molecular formula is C26H23NO4. The van der Waals surface area contributed by atoms with E-state index in [1.165, 1.54) is 5.56 Å². The highest BCUT2D eigenvalue weighted by atomic mass is 16.5. The number of hydrogen-bond acceptors (Lipinski definition) is 3. The van der Waals surface area contributed by atoms with Gasteiger partial charge in [0.2, 0.25) is 0 Å². The molecule has 156 valence electrons. The Kier molecular flexibility index (Phi) is 4.47. The van der Waals surface area contributed by atoms with Crippen LogP contribution < -0.4 is 4.74 Å². The average Bonchev–Trinajstić information content (AvgIpc) is 3.11. The molecule has 1 aliphatic carbocycles. The van der Waals surface area contributed by atoms with Crippen LogP contribution >= 0.6 is 0 Å². The zero-order valence-electron chi connectivity index (χ0n) is 17.4. The number of carboxylic acids is 1. The van der Waals surface area contributed by atoms with Crippen molar-refractivity contribution >= 4 is 16.9 Å². The standard InChI is InChI=1S/C26H23NO4/c1-14(2)31-18-7-3-15(4-8-18)16-5-9-19-20-10-6-17-11-22(26(29)30)24(28)13-21(17)25(20)27-23(19)12-16/h3-5,7-9,11-14,27-28H,6,10H2,1-2H3,(H,29,30). The predicted molar refractivity (Wildman–Crippen MR) is 121 cm³/mol. The van der Waals surface area contributed by atoms with Crippen LogP contribution in [0, 0.1) is 0 Å². The van der Waals surface area contributed by atoms with Crippen LogP contribution in [0.2, 0.25) is 0 Å². The molecule has 0 spiro atoms. The van der Waals surface area contributed by atoms with E-state index >= 15 is 0 Å². The molecule has 0 fully saturated rings. The Labute approximate surface area is 179 Å². The van der Waals surface area contributed by atoms with Crippen LogP contribution in [0.25, 0.3) is 33.3 Å². The Morgan fingerprint density at radius 3 is 2.45 bits per heavy atom. The molecule has 4 aromatic rings. The highest BCUT2D eigenvalue weighted by Crippen LogP contribution is 2.41. The van der Waals surface area contributed by atoms with Crippen molar-refractivity contribution in [1.82, 2.24) is 4.98 Å². The third-order valence-corrected chi connectivity index (χ3v) is 5.83. The summed E-state index contributed by atoms with van der Waals surface area (Å²) in [4.78, 5) is 14.9. The maximum Gasteiger partial charge on any atom is 0.339 e. The number of ether oxygens (including phenoxy) is 1. The van der Waals surface area contributed by atoms with Gasteiger partial charge in [0, 0.05) is 16.5 Å². The van der Waals surface area contributed by atoms with E-state index in [2.05, 4.69) is 35.3 Å². The van der Waals surface area contributed by atoms with Crippen molar-refractivity contribution in [2.24, 2.45) is 0 Å². The number of rotatable bonds is 4. The van der Waals surface area contributed by atoms with Gasteiger partial charge in [-0.1, -0.05) is 24.3 Å². The third kappa shape index (κ3) is 3.32. The number of aromatic amines is 1. The van der Waals surface area contributed by atoms with Gasteiger partial charge in [0.25, 0.3) is 0 Å². The molecule has 0 amide bonds. The van der Waals surface area contributed by atoms with Crippen molar-refractivity contribution in [3.8, 4) is 33.9 Å². The molecule has 1 aliphatic rings. The number of aromatic carboxylic acids is 1. The van der Waals surface area contributed by atoms with Crippen LogP contribution in [0.3, 0.4) is 0 Å². The van der Waals surface area contributed by atoms with Gasteiger partial charge in [0.15, 0.2) is 0 Å². The van der Waals surface area contributed by atoms with Crippen molar-refractivity contribution in [3.63, 3.8) is 0 Å². The molecule has 0 radical (unpaired) electrons. The summed E-state index contributed by atoms with van der Waals surface area (Å²) in [5.74, 6) is -0.466. The van der Waals surface area contributed by atoms with Crippen LogP contribution in [0.5, 0.6) is 11.5 Å². The van der Waals surface area contributed by atoms with E-state index in [-0.39, 0.29) is 17.4 Å². The monoisotopic (exact) mass is 413 g/mol. The predicted octanol–water partition coefficient (Wildman–Crippen LogP) is 5.79. The number of fused-ring (bicyclic) bond motifs is 5. The second-order valence-electron chi connectivity index (χ2n) is 8.26. The zero-order chi connectivity index (χ0) is 21.7. The lowest BCUT2D eigenvalue weighted by molar-refractivity contribution is 0.0693. The maximum atomic E-state index is 11.4. The highest BCUT2D eigenvalue weighted by molar-refractivity contribution is 5.97. The number of benzene rings is 3. The zero-order valence-corrected chi connectivity index (χ0v) is 17.4. The summed E-state index contributed by atoms with van der Waals surface area (Å²) >= 11 is 0. The Bertz CT molecular complexity index is 1320. The molecule has 3 N–H and O–H groups in total. The molecule has 1 aromatic heterocycles. The molecule has 5 nitrogen and oxygen atoms in total. The van der Waals surface area contributed by atoms with Crippen LogP contribution in [0.15, 0.2) is 54.6 Å².